The normalized spacial score (nSPS) is 12.5. The van der Waals surface area contributed by atoms with E-state index in [0.717, 1.165) is 5.56 Å². The van der Waals surface area contributed by atoms with E-state index in [-0.39, 0.29) is 35.9 Å². The fraction of sp³-hybridized carbons (Fsp3) is 0.406. The fourth-order valence-electron chi connectivity index (χ4n) is 4.90. The zero-order valence-corrected chi connectivity index (χ0v) is 24.7. The van der Waals surface area contributed by atoms with Crippen molar-refractivity contribution in [3.05, 3.63) is 76.1 Å². The second-order valence-electron chi connectivity index (χ2n) is 11.6. The molecule has 0 spiro atoms. The SMILES string of the molecule is COc1ccc(Cn2c(=O)c3c(C)nccc3c3ccc(OCC(CC(C)C)NC(=O)OC(C)(C)C)c(F)c32)cc1. The molecular formula is C32H38FN3O5. The molecule has 1 N–H and O–H groups in total. The zero-order chi connectivity index (χ0) is 29.9. The summed E-state index contributed by atoms with van der Waals surface area (Å²) in [6.07, 6.45) is 1.66. The van der Waals surface area contributed by atoms with Gasteiger partial charge in [-0.3, -0.25) is 9.78 Å². The number of alkyl carbamates (subject to hydrolysis) is 1. The molecule has 2 heterocycles. The van der Waals surface area contributed by atoms with Gasteiger partial charge in [-0.1, -0.05) is 26.0 Å². The number of aryl methyl sites for hydroxylation is 1. The Kier molecular flexibility index (Phi) is 8.85. The molecule has 8 nitrogen and oxygen atoms in total. The van der Waals surface area contributed by atoms with Gasteiger partial charge in [0, 0.05) is 11.6 Å². The molecule has 0 aliphatic heterocycles. The van der Waals surface area contributed by atoms with Crippen molar-refractivity contribution in [2.24, 2.45) is 5.92 Å². The second kappa shape index (κ2) is 12.2. The van der Waals surface area contributed by atoms with E-state index >= 15 is 4.39 Å². The minimum Gasteiger partial charge on any atom is -0.497 e. The summed E-state index contributed by atoms with van der Waals surface area (Å²) in [6.45, 7) is 11.4. The third-order valence-electron chi connectivity index (χ3n) is 6.66. The Hall–Kier alpha value is -4.14. The predicted molar refractivity (Wildman–Crippen MR) is 158 cm³/mol. The number of methoxy groups -OCH3 is 1. The Morgan fingerprint density at radius 3 is 2.41 bits per heavy atom. The largest absolute Gasteiger partial charge is 0.497 e. The van der Waals surface area contributed by atoms with Crippen molar-refractivity contribution >= 4 is 27.8 Å². The quantitative estimate of drug-likeness (QED) is 0.238. The molecule has 0 bridgehead atoms. The number of hydrogen-bond acceptors (Lipinski definition) is 6. The van der Waals surface area contributed by atoms with Crippen LogP contribution in [0.15, 0.2) is 53.5 Å². The van der Waals surface area contributed by atoms with Crippen LogP contribution in [0.25, 0.3) is 21.7 Å². The average molecular weight is 564 g/mol. The van der Waals surface area contributed by atoms with Gasteiger partial charge >= 0.3 is 6.09 Å². The fourth-order valence-corrected chi connectivity index (χ4v) is 4.90. The van der Waals surface area contributed by atoms with E-state index in [0.29, 0.717) is 34.0 Å². The molecule has 2 aromatic heterocycles. The van der Waals surface area contributed by atoms with Gasteiger partial charge in [-0.05, 0) is 81.3 Å². The molecular weight excluding hydrogens is 525 g/mol. The molecule has 1 amide bonds. The minimum atomic E-state index is -0.651. The topological polar surface area (TPSA) is 91.7 Å². The first-order valence-corrected chi connectivity index (χ1v) is 13.7. The Morgan fingerprint density at radius 2 is 1.78 bits per heavy atom. The number of amides is 1. The number of nitrogens with one attached hydrogen (secondary N) is 1. The van der Waals surface area contributed by atoms with Crippen molar-refractivity contribution in [3.63, 3.8) is 0 Å². The highest BCUT2D eigenvalue weighted by Crippen LogP contribution is 2.31. The van der Waals surface area contributed by atoms with E-state index in [9.17, 15) is 9.59 Å². The van der Waals surface area contributed by atoms with Crippen LogP contribution >= 0.6 is 0 Å². The third kappa shape index (κ3) is 6.96. The van der Waals surface area contributed by atoms with Crippen molar-refractivity contribution in [2.45, 2.75) is 66.2 Å². The van der Waals surface area contributed by atoms with E-state index in [1.54, 1.807) is 71.3 Å². The van der Waals surface area contributed by atoms with Gasteiger partial charge in [0.15, 0.2) is 11.6 Å². The summed E-state index contributed by atoms with van der Waals surface area (Å²) in [5.74, 6) is 0.274. The van der Waals surface area contributed by atoms with E-state index < -0.39 is 23.6 Å². The summed E-state index contributed by atoms with van der Waals surface area (Å²) in [4.78, 5) is 30.6. The maximum atomic E-state index is 16.3. The van der Waals surface area contributed by atoms with Gasteiger partial charge in [0.1, 0.15) is 18.0 Å². The molecule has 0 radical (unpaired) electrons. The summed E-state index contributed by atoms with van der Waals surface area (Å²) in [5, 5.41) is 4.49. The average Bonchev–Trinajstić information content (AvgIpc) is 2.89. The number of rotatable bonds is 9. The van der Waals surface area contributed by atoms with Crippen LogP contribution in [0.2, 0.25) is 0 Å². The first-order valence-electron chi connectivity index (χ1n) is 13.7. The van der Waals surface area contributed by atoms with Gasteiger partial charge < -0.3 is 24.1 Å². The zero-order valence-electron chi connectivity index (χ0n) is 24.7. The summed E-state index contributed by atoms with van der Waals surface area (Å²) in [5.41, 5.74) is 0.529. The summed E-state index contributed by atoms with van der Waals surface area (Å²) in [7, 11) is 1.58. The van der Waals surface area contributed by atoms with Crippen LogP contribution in [-0.2, 0) is 11.3 Å². The molecule has 2 aromatic carbocycles. The van der Waals surface area contributed by atoms with Gasteiger partial charge in [-0.15, -0.1) is 0 Å². The molecule has 4 rings (SSSR count). The highest BCUT2D eigenvalue weighted by atomic mass is 19.1. The number of carbonyl (C=O) groups excluding carboxylic acids is 1. The number of halogens is 1. The second-order valence-corrected chi connectivity index (χ2v) is 11.6. The van der Waals surface area contributed by atoms with Gasteiger partial charge in [0.25, 0.3) is 5.56 Å². The molecule has 0 saturated carbocycles. The maximum Gasteiger partial charge on any atom is 0.407 e. The van der Waals surface area contributed by atoms with Crippen LogP contribution in [-0.4, -0.2) is 41.0 Å². The number of pyridine rings is 2. The van der Waals surface area contributed by atoms with Crippen LogP contribution in [0.3, 0.4) is 0 Å². The first-order chi connectivity index (χ1) is 19.4. The standard InChI is InChI=1S/C32H38FN3O5/c1-19(2)16-22(35-31(38)41-32(4,5)6)18-40-26-13-12-25-24-14-15-34-20(3)27(24)30(37)36(29(25)28(26)33)17-21-8-10-23(39-7)11-9-21/h8-15,19,22H,16-18H2,1-7H3,(H,35,38). The smallest absolute Gasteiger partial charge is 0.407 e. The van der Waals surface area contributed by atoms with Gasteiger partial charge in [-0.25, -0.2) is 9.18 Å². The van der Waals surface area contributed by atoms with Gasteiger partial charge in [-0.2, -0.15) is 0 Å². The number of ether oxygens (including phenoxy) is 3. The van der Waals surface area contributed by atoms with Crippen molar-refractivity contribution in [1.82, 2.24) is 14.9 Å². The van der Waals surface area contributed by atoms with Crippen molar-refractivity contribution in [3.8, 4) is 11.5 Å². The lowest BCUT2D eigenvalue weighted by molar-refractivity contribution is 0.0479. The van der Waals surface area contributed by atoms with Crippen LogP contribution in [0.4, 0.5) is 9.18 Å². The summed E-state index contributed by atoms with van der Waals surface area (Å²) in [6, 6.07) is 11.9. The van der Waals surface area contributed by atoms with E-state index in [1.807, 2.05) is 26.0 Å². The lowest BCUT2D eigenvalue weighted by atomic mass is 10.0. The molecule has 0 aliphatic rings. The summed E-state index contributed by atoms with van der Waals surface area (Å²) >= 11 is 0. The number of nitrogens with zero attached hydrogens (tertiary/aromatic N) is 2. The summed E-state index contributed by atoms with van der Waals surface area (Å²) < 4.78 is 34.4. The minimum absolute atomic E-state index is 0.00902. The lowest BCUT2D eigenvalue weighted by Crippen LogP contribution is -2.42. The van der Waals surface area contributed by atoms with Crippen molar-refractivity contribution in [1.29, 1.82) is 0 Å². The van der Waals surface area contributed by atoms with Crippen LogP contribution in [0.5, 0.6) is 11.5 Å². The molecule has 41 heavy (non-hydrogen) atoms. The lowest BCUT2D eigenvalue weighted by Gasteiger charge is -2.25. The van der Waals surface area contributed by atoms with Gasteiger partial charge in [0.05, 0.1) is 36.3 Å². The molecule has 4 aromatic rings. The molecule has 1 unspecified atom stereocenters. The van der Waals surface area contributed by atoms with E-state index in [2.05, 4.69) is 10.3 Å². The molecule has 9 heteroatoms. The number of hydrogen-bond donors (Lipinski definition) is 1. The Morgan fingerprint density at radius 1 is 1.07 bits per heavy atom. The number of carbonyl (C=O) groups is 1. The highest BCUT2D eigenvalue weighted by molar-refractivity contribution is 6.06. The molecule has 218 valence electrons. The highest BCUT2D eigenvalue weighted by Gasteiger charge is 2.23. The van der Waals surface area contributed by atoms with Crippen LogP contribution in [0.1, 0.15) is 52.3 Å². The van der Waals surface area contributed by atoms with E-state index in [1.165, 1.54) is 4.57 Å². The number of aromatic nitrogens is 2. The molecule has 0 saturated heterocycles. The Bertz CT molecular complexity index is 1610. The predicted octanol–water partition coefficient (Wildman–Crippen LogP) is 6.37. The Labute approximate surface area is 239 Å². The number of benzene rings is 2. The van der Waals surface area contributed by atoms with E-state index in [4.69, 9.17) is 14.2 Å². The molecule has 0 aliphatic carbocycles. The molecule has 1 atom stereocenters. The first kappa shape index (κ1) is 29.8. The van der Waals surface area contributed by atoms with Gasteiger partial charge in [0.2, 0.25) is 0 Å². The Balaban J connectivity index is 1.76. The number of fused-ring (bicyclic) bond motifs is 3. The maximum absolute atomic E-state index is 16.3. The van der Waals surface area contributed by atoms with Crippen molar-refractivity contribution in [2.75, 3.05) is 13.7 Å². The van der Waals surface area contributed by atoms with Crippen molar-refractivity contribution < 1.29 is 23.4 Å². The third-order valence-corrected chi connectivity index (χ3v) is 6.66. The monoisotopic (exact) mass is 563 g/mol. The van der Waals surface area contributed by atoms with Crippen LogP contribution < -0.4 is 20.3 Å². The van der Waals surface area contributed by atoms with Crippen LogP contribution in [0, 0.1) is 18.7 Å². The molecule has 0 fully saturated rings.